The van der Waals surface area contributed by atoms with Crippen LogP contribution in [-0.2, 0) is 0 Å². The van der Waals surface area contributed by atoms with Gasteiger partial charge >= 0.3 is 0 Å². The minimum atomic E-state index is 0.599. The van der Waals surface area contributed by atoms with Gasteiger partial charge in [-0.1, -0.05) is 97.1 Å². The molecule has 0 radical (unpaired) electrons. The number of para-hydroxylation sites is 2. The summed E-state index contributed by atoms with van der Waals surface area (Å²) in [5.74, 6) is 1.23. The van der Waals surface area contributed by atoms with Gasteiger partial charge in [0, 0.05) is 43.8 Å². The van der Waals surface area contributed by atoms with Gasteiger partial charge in [-0.15, -0.1) is 0 Å². The van der Waals surface area contributed by atoms with Gasteiger partial charge in [0.2, 0.25) is 0 Å². The molecule has 0 aliphatic heterocycles. The lowest BCUT2D eigenvalue weighted by Crippen LogP contribution is -1.97. The molecule has 262 valence electrons. The summed E-state index contributed by atoms with van der Waals surface area (Å²) in [4.78, 5) is 23.1. The van der Waals surface area contributed by atoms with Crippen LogP contribution in [0.15, 0.2) is 185 Å². The molecule has 56 heavy (non-hydrogen) atoms. The number of benzene rings is 7. The second-order valence-electron chi connectivity index (χ2n) is 13.8. The van der Waals surface area contributed by atoms with E-state index < -0.39 is 0 Å². The summed E-state index contributed by atoms with van der Waals surface area (Å²) in [5.41, 5.74) is 13.0. The highest BCUT2D eigenvalue weighted by molar-refractivity contribution is 6.07. The Labute approximate surface area is 320 Å². The van der Waals surface area contributed by atoms with Gasteiger partial charge in [0.15, 0.2) is 11.6 Å². The van der Waals surface area contributed by atoms with Crippen LogP contribution < -0.4 is 0 Å². The summed E-state index contributed by atoms with van der Waals surface area (Å²) < 4.78 is 12.4. The molecule has 7 aromatic carbocycles. The Bertz CT molecular complexity index is 3130. The molecular weight excluding hydrogens is 691 g/mol. The lowest BCUT2D eigenvalue weighted by atomic mass is 9.93. The molecule has 0 aliphatic carbocycles. The first kappa shape index (κ1) is 31.7. The number of hydrogen-bond donors (Lipinski definition) is 0. The summed E-state index contributed by atoms with van der Waals surface area (Å²) in [7, 11) is 0. The quantitative estimate of drug-likeness (QED) is 0.169. The van der Waals surface area contributed by atoms with E-state index in [-0.39, 0.29) is 0 Å². The second kappa shape index (κ2) is 13.0. The molecule has 0 spiro atoms. The molecular formula is C49H29N5O2. The van der Waals surface area contributed by atoms with Crippen molar-refractivity contribution in [2.24, 2.45) is 0 Å². The van der Waals surface area contributed by atoms with E-state index in [1.165, 1.54) is 12.7 Å². The largest absolute Gasteiger partial charge is 0.456 e. The smallest absolute Gasteiger partial charge is 0.162 e. The maximum absolute atomic E-state index is 6.21. The Hall–Kier alpha value is -7.77. The zero-order valence-corrected chi connectivity index (χ0v) is 29.8. The van der Waals surface area contributed by atoms with E-state index in [9.17, 15) is 0 Å². The van der Waals surface area contributed by atoms with Crippen LogP contribution in [0.4, 0.5) is 0 Å². The third kappa shape index (κ3) is 5.58. The predicted molar refractivity (Wildman–Crippen MR) is 223 cm³/mol. The summed E-state index contributed by atoms with van der Waals surface area (Å²) >= 11 is 0. The second-order valence-corrected chi connectivity index (χ2v) is 13.8. The Morgan fingerprint density at radius 2 is 0.804 bits per heavy atom. The van der Waals surface area contributed by atoms with Gasteiger partial charge in [-0.05, 0) is 89.0 Å². The minimum Gasteiger partial charge on any atom is -0.456 e. The van der Waals surface area contributed by atoms with Gasteiger partial charge in [0.1, 0.15) is 35.0 Å². The van der Waals surface area contributed by atoms with E-state index in [1.807, 2.05) is 66.7 Å². The van der Waals surface area contributed by atoms with Gasteiger partial charge in [0.25, 0.3) is 0 Å². The Morgan fingerprint density at radius 1 is 0.304 bits per heavy atom. The molecule has 0 fully saturated rings. The van der Waals surface area contributed by atoms with E-state index in [1.54, 1.807) is 0 Å². The van der Waals surface area contributed by atoms with Crippen molar-refractivity contribution in [1.29, 1.82) is 0 Å². The van der Waals surface area contributed by atoms with Crippen LogP contribution in [0.1, 0.15) is 0 Å². The highest BCUT2D eigenvalue weighted by Gasteiger charge is 2.17. The number of aromatic nitrogens is 5. The van der Waals surface area contributed by atoms with E-state index in [0.29, 0.717) is 11.6 Å². The molecule has 11 rings (SSSR count). The van der Waals surface area contributed by atoms with Crippen LogP contribution in [0, 0.1) is 0 Å². The maximum Gasteiger partial charge on any atom is 0.162 e. The van der Waals surface area contributed by atoms with Crippen molar-refractivity contribution in [1.82, 2.24) is 24.9 Å². The molecule has 7 heteroatoms. The fourth-order valence-electron chi connectivity index (χ4n) is 7.59. The van der Waals surface area contributed by atoms with Crippen LogP contribution in [0.25, 0.3) is 111 Å². The van der Waals surface area contributed by atoms with Gasteiger partial charge in [-0.25, -0.2) is 24.9 Å². The van der Waals surface area contributed by atoms with Crippen molar-refractivity contribution >= 4 is 43.9 Å². The maximum atomic E-state index is 6.21. The highest BCUT2D eigenvalue weighted by atomic mass is 16.3. The average Bonchev–Trinajstić information content (AvgIpc) is 3.84. The average molecular weight is 720 g/mol. The summed E-state index contributed by atoms with van der Waals surface area (Å²) in [6.07, 6.45) is 3.02. The van der Waals surface area contributed by atoms with Crippen LogP contribution in [0.2, 0.25) is 0 Å². The molecule has 0 N–H and O–H groups in total. The molecule has 0 saturated carbocycles. The lowest BCUT2D eigenvalue weighted by molar-refractivity contribution is 0.668. The van der Waals surface area contributed by atoms with Crippen molar-refractivity contribution in [3.05, 3.63) is 176 Å². The molecule has 0 atom stereocenters. The number of furan rings is 2. The third-order valence-electron chi connectivity index (χ3n) is 10.3. The van der Waals surface area contributed by atoms with Crippen LogP contribution in [0.3, 0.4) is 0 Å². The fourth-order valence-corrected chi connectivity index (χ4v) is 7.59. The van der Waals surface area contributed by atoms with Gasteiger partial charge in [0.05, 0.1) is 11.4 Å². The van der Waals surface area contributed by atoms with Gasteiger partial charge in [-0.2, -0.15) is 0 Å². The van der Waals surface area contributed by atoms with Crippen molar-refractivity contribution in [2.75, 3.05) is 0 Å². The van der Waals surface area contributed by atoms with E-state index in [2.05, 4.69) is 112 Å². The minimum absolute atomic E-state index is 0.599. The topological polar surface area (TPSA) is 90.7 Å². The third-order valence-corrected chi connectivity index (χ3v) is 10.3. The highest BCUT2D eigenvalue weighted by Crippen LogP contribution is 2.39. The fraction of sp³-hybridized carbons (Fsp3) is 0. The Balaban J connectivity index is 1.13. The molecule has 4 heterocycles. The number of rotatable bonds is 6. The molecule has 0 aliphatic rings. The van der Waals surface area contributed by atoms with E-state index in [0.717, 1.165) is 99.8 Å². The Morgan fingerprint density at radius 3 is 1.45 bits per heavy atom. The lowest BCUT2D eigenvalue weighted by Gasteiger charge is -2.14. The Kier molecular flexibility index (Phi) is 7.35. The monoisotopic (exact) mass is 719 g/mol. The van der Waals surface area contributed by atoms with Crippen LogP contribution in [0.5, 0.6) is 0 Å². The van der Waals surface area contributed by atoms with Gasteiger partial charge in [-0.3, -0.25) is 0 Å². The first-order chi connectivity index (χ1) is 27.7. The molecule has 0 saturated heterocycles. The first-order valence-corrected chi connectivity index (χ1v) is 18.4. The zero-order valence-electron chi connectivity index (χ0n) is 29.8. The number of hydrogen-bond acceptors (Lipinski definition) is 7. The summed E-state index contributed by atoms with van der Waals surface area (Å²) in [5, 5.41) is 4.32. The zero-order chi connectivity index (χ0) is 37.0. The standard InChI is InChI=1S/C49H29N5O2/c1-2-9-30(10-3-1)49-53-42(33-11-8-12-34(21-33)48-51-28-50-29-52-48)27-43(54-49)37-23-35(31-17-19-46-40(25-31)38-13-4-6-15-44(38)55-46)22-36(24-37)32-18-20-47-41(26-32)39-14-5-7-16-45(39)56-47/h1-29H. The summed E-state index contributed by atoms with van der Waals surface area (Å²) in [6, 6.07) is 56.2. The predicted octanol–water partition coefficient (Wildman–Crippen LogP) is 12.5. The SMILES string of the molecule is c1ccc(-c2nc(-c3cc(-c4ccc5oc6ccccc6c5c4)cc(-c4ccc5oc6ccccc6c5c4)c3)cc(-c3cccc(-c4ncncn4)c3)n2)cc1. The number of nitrogens with zero attached hydrogens (tertiary/aromatic N) is 5. The van der Waals surface area contributed by atoms with Crippen molar-refractivity contribution in [3.63, 3.8) is 0 Å². The first-order valence-electron chi connectivity index (χ1n) is 18.4. The van der Waals surface area contributed by atoms with Crippen LogP contribution in [-0.4, -0.2) is 24.9 Å². The van der Waals surface area contributed by atoms with Crippen molar-refractivity contribution in [3.8, 4) is 67.5 Å². The van der Waals surface area contributed by atoms with Gasteiger partial charge < -0.3 is 8.83 Å². The normalized spacial score (nSPS) is 11.6. The number of fused-ring (bicyclic) bond motifs is 6. The van der Waals surface area contributed by atoms with Crippen molar-refractivity contribution in [2.45, 2.75) is 0 Å². The molecule has 4 aromatic heterocycles. The summed E-state index contributed by atoms with van der Waals surface area (Å²) in [6.45, 7) is 0. The van der Waals surface area contributed by atoms with E-state index >= 15 is 0 Å². The van der Waals surface area contributed by atoms with Crippen LogP contribution >= 0.6 is 0 Å². The molecule has 7 nitrogen and oxygen atoms in total. The van der Waals surface area contributed by atoms with E-state index in [4.69, 9.17) is 18.8 Å². The molecule has 0 amide bonds. The molecule has 11 aromatic rings. The molecule has 0 unspecified atom stereocenters. The van der Waals surface area contributed by atoms with Crippen molar-refractivity contribution < 1.29 is 8.83 Å². The molecule has 0 bridgehead atoms.